The number of rotatable bonds is 5. The van der Waals surface area contributed by atoms with Crippen LogP contribution in [0.15, 0.2) is 28.7 Å². The molecule has 0 spiro atoms. The number of hydrogen-bond donors (Lipinski definition) is 3. The minimum absolute atomic E-state index is 0.0181. The van der Waals surface area contributed by atoms with Crippen LogP contribution in [0, 0.1) is 5.92 Å². The van der Waals surface area contributed by atoms with Gasteiger partial charge in [-0.1, -0.05) is 28.4 Å². The van der Waals surface area contributed by atoms with E-state index in [1.807, 2.05) is 12.1 Å². The van der Waals surface area contributed by atoms with Gasteiger partial charge in [0.25, 0.3) is 5.91 Å². The summed E-state index contributed by atoms with van der Waals surface area (Å²) in [6.07, 6.45) is 3.69. The van der Waals surface area contributed by atoms with Crippen LogP contribution in [0.1, 0.15) is 36.0 Å². The third-order valence-corrected chi connectivity index (χ3v) is 4.38. The van der Waals surface area contributed by atoms with Crippen LogP contribution < -0.4 is 16.4 Å². The molecule has 1 aromatic rings. The van der Waals surface area contributed by atoms with Gasteiger partial charge in [-0.3, -0.25) is 9.59 Å². The minimum Gasteiger partial charge on any atom is -0.354 e. The number of hydrogen-bond acceptors (Lipinski definition) is 3. The van der Waals surface area contributed by atoms with Crippen molar-refractivity contribution in [3.8, 4) is 0 Å². The van der Waals surface area contributed by atoms with Crippen molar-refractivity contribution in [1.29, 1.82) is 0 Å². The fraction of sp³-hybridized carbons (Fsp3) is 0.500. The second-order valence-electron chi connectivity index (χ2n) is 5.68. The lowest BCUT2D eigenvalue weighted by Gasteiger charge is -2.25. The lowest BCUT2D eigenvalue weighted by molar-refractivity contribution is -0.126. The van der Waals surface area contributed by atoms with Crippen LogP contribution >= 0.6 is 15.9 Å². The standard InChI is InChI=1S/C16H22BrN3O2/c17-13-5-1-3-11(9-13)15(21)19-7-8-20-16(22)12-4-2-6-14(18)10-12/h1,3,5,9,12,14H,2,4,6-8,10,18H2,(H,19,21)(H,20,22). The van der Waals surface area contributed by atoms with Crippen molar-refractivity contribution in [2.24, 2.45) is 11.7 Å². The molecule has 0 aromatic heterocycles. The fourth-order valence-electron chi connectivity index (χ4n) is 2.70. The van der Waals surface area contributed by atoms with Crippen molar-refractivity contribution in [2.45, 2.75) is 31.7 Å². The second-order valence-corrected chi connectivity index (χ2v) is 6.60. The van der Waals surface area contributed by atoms with E-state index in [0.29, 0.717) is 18.7 Å². The summed E-state index contributed by atoms with van der Waals surface area (Å²) < 4.78 is 0.863. The van der Waals surface area contributed by atoms with E-state index in [0.717, 1.165) is 30.2 Å². The molecule has 0 saturated heterocycles. The van der Waals surface area contributed by atoms with Gasteiger partial charge in [0, 0.05) is 35.1 Å². The summed E-state index contributed by atoms with van der Waals surface area (Å²) in [5, 5.41) is 5.67. The molecule has 2 atom stereocenters. The molecule has 1 saturated carbocycles. The lowest BCUT2D eigenvalue weighted by atomic mass is 9.85. The Hall–Kier alpha value is -1.40. The smallest absolute Gasteiger partial charge is 0.251 e. The number of nitrogens with one attached hydrogen (secondary N) is 2. The highest BCUT2D eigenvalue weighted by Crippen LogP contribution is 2.22. The largest absolute Gasteiger partial charge is 0.354 e. The van der Waals surface area contributed by atoms with Gasteiger partial charge in [0.15, 0.2) is 0 Å². The molecule has 2 unspecified atom stereocenters. The molecule has 1 aliphatic rings. The van der Waals surface area contributed by atoms with E-state index in [1.54, 1.807) is 12.1 Å². The third kappa shape index (κ3) is 5.10. The molecule has 1 aromatic carbocycles. The molecule has 2 rings (SSSR count). The van der Waals surface area contributed by atoms with Gasteiger partial charge in [-0.05, 0) is 37.5 Å². The van der Waals surface area contributed by atoms with Gasteiger partial charge in [0.05, 0.1) is 0 Å². The normalized spacial score (nSPS) is 21.2. The number of benzene rings is 1. The number of halogens is 1. The molecule has 1 fully saturated rings. The van der Waals surface area contributed by atoms with Gasteiger partial charge < -0.3 is 16.4 Å². The highest BCUT2D eigenvalue weighted by molar-refractivity contribution is 9.10. The van der Waals surface area contributed by atoms with Crippen molar-refractivity contribution in [2.75, 3.05) is 13.1 Å². The average Bonchev–Trinajstić information content (AvgIpc) is 2.51. The van der Waals surface area contributed by atoms with Gasteiger partial charge in [0.1, 0.15) is 0 Å². The molecule has 22 heavy (non-hydrogen) atoms. The zero-order valence-corrected chi connectivity index (χ0v) is 14.1. The molecular weight excluding hydrogens is 346 g/mol. The van der Waals surface area contributed by atoms with Gasteiger partial charge in [-0.15, -0.1) is 0 Å². The Bertz CT molecular complexity index is 536. The van der Waals surface area contributed by atoms with Crippen molar-refractivity contribution in [3.05, 3.63) is 34.3 Å². The Labute approximate surface area is 139 Å². The van der Waals surface area contributed by atoms with Gasteiger partial charge in [0.2, 0.25) is 5.91 Å². The predicted molar refractivity (Wildman–Crippen MR) is 89.4 cm³/mol. The second kappa shape index (κ2) is 8.29. The van der Waals surface area contributed by atoms with Crippen molar-refractivity contribution in [3.63, 3.8) is 0 Å². The zero-order valence-electron chi connectivity index (χ0n) is 12.5. The average molecular weight is 368 g/mol. The first kappa shape index (κ1) is 17.0. The summed E-state index contributed by atoms with van der Waals surface area (Å²) in [5.74, 6) is -0.0772. The first-order chi connectivity index (χ1) is 10.6. The zero-order chi connectivity index (χ0) is 15.9. The van der Waals surface area contributed by atoms with Gasteiger partial charge in [-0.25, -0.2) is 0 Å². The third-order valence-electron chi connectivity index (χ3n) is 3.88. The van der Waals surface area contributed by atoms with Crippen LogP contribution in [-0.4, -0.2) is 30.9 Å². The summed E-state index contributed by atoms with van der Waals surface area (Å²) in [5.41, 5.74) is 6.49. The molecule has 5 nitrogen and oxygen atoms in total. The van der Waals surface area contributed by atoms with Crippen molar-refractivity contribution < 1.29 is 9.59 Å². The van der Waals surface area contributed by atoms with Crippen LogP contribution in [0.2, 0.25) is 0 Å². The monoisotopic (exact) mass is 367 g/mol. The van der Waals surface area contributed by atoms with E-state index < -0.39 is 0 Å². The maximum Gasteiger partial charge on any atom is 0.251 e. The molecule has 2 amide bonds. The SMILES string of the molecule is NC1CCCC(C(=O)NCCNC(=O)c2cccc(Br)c2)C1. The summed E-state index contributed by atoms with van der Waals surface area (Å²) >= 11 is 3.33. The highest BCUT2D eigenvalue weighted by Gasteiger charge is 2.24. The molecule has 120 valence electrons. The number of carbonyl (C=O) groups excluding carboxylic acids is 2. The maximum absolute atomic E-state index is 12.0. The van der Waals surface area contributed by atoms with Crippen LogP contribution in [0.3, 0.4) is 0 Å². The number of amides is 2. The molecule has 6 heteroatoms. The molecule has 0 bridgehead atoms. The van der Waals surface area contributed by atoms with Crippen LogP contribution in [0.4, 0.5) is 0 Å². The summed E-state index contributed by atoms with van der Waals surface area (Å²) in [4.78, 5) is 23.9. The highest BCUT2D eigenvalue weighted by atomic mass is 79.9. The summed E-state index contributed by atoms with van der Waals surface area (Å²) in [6.45, 7) is 0.847. The number of carbonyl (C=O) groups is 2. The first-order valence-corrected chi connectivity index (χ1v) is 8.42. The van der Waals surface area contributed by atoms with E-state index in [1.165, 1.54) is 0 Å². The maximum atomic E-state index is 12.0. The van der Waals surface area contributed by atoms with E-state index in [4.69, 9.17) is 5.73 Å². The Morgan fingerprint density at radius 1 is 1.23 bits per heavy atom. The molecular formula is C16H22BrN3O2. The summed E-state index contributed by atoms with van der Waals surface area (Å²) in [6, 6.07) is 7.33. The van der Waals surface area contributed by atoms with Gasteiger partial charge >= 0.3 is 0 Å². The Balaban J connectivity index is 1.68. The van der Waals surface area contributed by atoms with E-state index in [9.17, 15) is 9.59 Å². The first-order valence-electron chi connectivity index (χ1n) is 7.63. The minimum atomic E-state index is -0.143. The molecule has 1 aliphatic carbocycles. The molecule has 0 aliphatic heterocycles. The van der Waals surface area contributed by atoms with Crippen LogP contribution in [0.5, 0.6) is 0 Å². The Kier molecular flexibility index (Phi) is 6.39. The Morgan fingerprint density at radius 2 is 2.00 bits per heavy atom. The van der Waals surface area contributed by atoms with Crippen LogP contribution in [-0.2, 0) is 4.79 Å². The van der Waals surface area contributed by atoms with Crippen LogP contribution in [0.25, 0.3) is 0 Å². The fourth-order valence-corrected chi connectivity index (χ4v) is 3.10. The summed E-state index contributed by atoms with van der Waals surface area (Å²) in [7, 11) is 0. The van der Waals surface area contributed by atoms with E-state index in [-0.39, 0.29) is 23.8 Å². The Morgan fingerprint density at radius 3 is 2.73 bits per heavy atom. The quantitative estimate of drug-likeness (QED) is 0.693. The number of nitrogens with two attached hydrogens (primary N) is 1. The molecule has 0 radical (unpaired) electrons. The van der Waals surface area contributed by atoms with Crippen molar-refractivity contribution >= 4 is 27.7 Å². The molecule has 0 heterocycles. The van der Waals surface area contributed by atoms with Gasteiger partial charge in [-0.2, -0.15) is 0 Å². The van der Waals surface area contributed by atoms with E-state index in [2.05, 4.69) is 26.6 Å². The molecule has 4 N–H and O–H groups in total. The van der Waals surface area contributed by atoms with Crippen molar-refractivity contribution in [1.82, 2.24) is 10.6 Å². The lowest BCUT2D eigenvalue weighted by Crippen LogP contribution is -2.40. The van der Waals surface area contributed by atoms with E-state index >= 15 is 0 Å². The predicted octanol–water partition coefficient (Wildman–Crippen LogP) is 1.81. The topological polar surface area (TPSA) is 84.2 Å².